The molecule has 22 heavy (non-hydrogen) atoms. The first-order valence-electron chi connectivity index (χ1n) is 6.76. The molecule has 1 N–H and O–H groups in total. The van der Waals surface area contributed by atoms with E-state index in [1.807, 2.05) is 13.0 Å². The molecule has 7 heteroatoms. The highest BCUT2D eigenvalue weighted by Crippen LogP contribution is 2.30. The maximum atomic E-state index is 12.0. The van der Waals surface area contributed by atoms with Crippen LogP contribution in [0.3, 0.4) is 0 Å². The van der Waals surface area contributed by atoms with Crippen LogP contribution in [0, 0.1) is 0 Å². The van der Waals surface area contributed by atoms with E-state index in [0.29, 0.717) is 23.7 Å². The van der Waals surface area contributed by atoms with Crippen LogP contribution < -0.4 is 10.3 Å². The molecule has 0 unspecified atom stereocenters. The van der Waals surface area contributed by atoms with Crippen molar-refractivity contribution in [1.82, 2.24) is 9.97 Å². The zero-order chi connectivity index (χ0) is 16.1. The summed E-state index contributed by atoms with van der Waals surface area (Å²) in [6.07, 6.45) is 1.21. The van der Waals surface area contributed by atoms with Gasteiger partial charge in [0, 0.05) is 10.7 Å². The fraction of sp³-hybridized carbons (Fsp3) is 0.267. The number of halogens is 1. The Morgan fingerprint density at radius 1 is 1.32 bits per heavy atom. The maximum Gasteiger partial charge on any atom is 0.345 e. The zero-order valence-electron chi connectivity index (χ0n) is 12.2. The molecule has 1 aromatic heterocycles. The van der Waals surface area contributed by atoms with Gasteiger partial charge in [0.05, 0.1) is 18.8 Å². The molecule has 0 radical (unpaired) electrons. The second-order valence-corrected chi connectivity index (χ2v) is 5.18. The summed E-state index contributed by atoms with van der Waals surface area (Å²) in [4.78, 5) is 30.4. The number of carbonyl (C=O) groups excluding carboxylic acids is 1. The summed E-state index contributed by atoms with van der Waals surface area (Å²) in [5.41, 5.74) is -0.0480. The van der Waals surface area contributed by atoms with E-state index in [2.05, 4.69) is 25.9 Å². The van der Waals surface area contributed by atoms with Gasteiger partial charge in [0.2, 0.25) is 0 Å². The van der Waals surface area contributed by atoms with Crippen LogP contribution in [0.4, 0.5) is 0 Å². The van der Waals surface area contributed by atoms with Gasteiger partial charge in [-0.1, -0.05) is 15.9 Å². The first kappa shape index (κ1) is 16.2. The molecule has 0 spiro atoms. The van der Waals surface area contributed by atoms with Crippen LogP contribution in [0.15, 0.2) is 33.7 Å². The third kappa shape index (κ3) is 3.54. The SMILES string of the molecule is CCOC(=O)c1cnc(-c2cc(Br)ccc2OCC)[nH]c1=O. The molecule has 0 aliphatic heterocycles. The normalized spacial score (nSPS) is 10.3. The molecule has 0 saturated carbocycles. The monoisotopic (exact) mass is 366 g/mol. The number of benzene rings is 1. The van der Waals surface area contributed by atoms with Gasteiger partial charge in [0.25, 0.3) is 5.56 Å². The Morgan fingerprint density at radius 3 is 2.73 bits per heavy atom. The molecule has 0 aliphatic carbocycles. The summed E-state index contributed by atoms with van der Waals surface area (Å²) >= 11 is 3.37. The van der Waals surface area contributed by atoms with Gasteiger partial charge in [-0.15, -0.1) is 0 Å². The van der Waals surface area contributed by atoms with Gasteiger partial charge in [0.15, 0.2) is 0 Å². The molecule has 0 fully saturated rings. The molecular formula is C15H15BrN2O4. The van der Waals surface area contributed by atoms with Crippen molar-refractivity contribution in [3.8, 4) is 17.1 Å². The summed E-state index contributed by atoms with van der Waals surface area (Å²) in [5, 5.41) is 0. The number of aromatic amines is 1. The molecule has 0 amide bonds. The van der Waals surface area contributed by atoms with E-state index >= 15 is 0 Å². The molecule has 0 saturated heterocycles. The van der Waals surface area contributed by atoms with E-state index in [9.17, 15) is 9.59 Å². The lowest BCUT2D eigenvalue weighted by molar-refractivity contribution is 0.0524. The van der Waals surface area contributed by atoms with Crippen LogP contribution in [0.5, 0.6) is 5.75 Å². The average Bonchev–Trinajstić information content (AvgIpc) is 2.49. The topological polar surface area (TPSA) is 81.3 Å². The van der Waals surface area contributed by atoms with Crippen molar-refractivity contribution in [2.24, 2.45) is 0 Å². The Balaban J connectivity index is 2.46. The van der Waals surface area contributed by atoms with E-state index < -0.39 is 11.5 Å². The second-order valence-electron chi connectivity index (χ2n) is 4.27. The lowest BCUT2D eigenvalue weighted by Crippen LogP contribution is -2.21. The minimum absolute atomic E-state index is 0.126. The van der Waals surface area contributed by atoms with Crippen molar-refractivity contribution in [2.75, 3.05) is 13.2 Å². The molecule has 0 atom stereocenters. The largest absolute Gasteiger partial charge is 0.493 e. The van der Waals surface area contributed by atoms with E-state index in [0.717, 1.165) is 4.47 Å². The first-order valence-corrected chi connectivity index (χ1v) is 7.55. The van der Waals surface area contributed by atoms with E-state index in [1.165, 1.54) is 6.20 Å². The number of nitrogens with zero attached hydrogens (tertiary/aromatic N) is 1. The number of ether oxygens (including phenoxy) is 2. The molecule has 1 aromatic carbocycles. The number of carbonyl (C=O) groups is 1. The fourth-order valence-electron chi connectivity index (χ4n) is 1.85. The highest BCUT2D eigenvalue weighted by atomic mass is 79.9. The van der Waals surface area contributed by atoms with Gasteiger partial charge in [-0.05, 0) is 32.0 Å². The zero-order valence-corrected chi connectivity index (χ0v) is 13.8. The van der Waals surface area contributed by atoms with Crippen molar-refractivity contribution in [2.45, 2.75) is 13.8 Å². The average molecular weight is 367 g/mol. The van der Waals surface area contributed by atoms with Gasteiger partial charge in [-0.25, -0.2) is 9.78 Å². The Labute approximate surface area is 135 Å². The van der Waals surface area contributed by atoms with Gasteiger partial charge < -0.3 is 14.5 Å². The van der Waals surface area contributed by atoms with E-state index in [1.54, 1.807) is 19.1 Å². The van der Waals surface area contributed by atoms with Crippen LogP contribution in [-0.2, 0) is 4.74 Å². The number of hydrogen-bond acceptors (Lipinski definition) is 5. The van der Waals surface area contributed by atoms with Crippen molar-refractivity contribution in [1.29, 1.82) is 0 Å². The summed E-state index contributed by atoms with van der Waals surface area (Å²) < 4.78 is 11.2. The Kier molecular flexibility index (Phi) is 5.32. The minimum atomic E-state index is -0.693. The molecule has 1 heterocycles. The van der Waals surface area contributed by atoms with Crippen LogP contribution in [0.25, 0.3) is 11.4 Å². The van der Waals surface area contributed by atoms with Crippen molar-refractivity contribution in [3.05, 3.63) is 44.8 Å². The summed E-state index contributed by atoms with van der Waals surface area (Å²) in [5.74, 6) is 0.225. The molecule has 116 valence electrons. The van der Waals surface area contributed by atoms with Gasteiger partial charge >= 0.3 is 5.97 Å². The second kappa shape index (κ2) is 7.22. The third-order valence-corrected chi connectivity index (χ3v) is 3.28. The Hall–Kier alpha value is -2.15. The first-order chi connectivity index (χ1) is 10.6. The smallest absolute Gasteiger partial charge is 0.345 e. The van der Waals surface area contributed by atoms with Crippen molar-refractivity contribution in [3.63, 3.8) is 0 Å². The molecule has 0 aliphatic rings. The van der Waals surface area contributed by atoms with E-state index in [4.69, 9.17) is 9.47 Å². The number of nitrogens with one attached hydrogen (secondary N) is 1. The van der Waals surface area contributed by atoms with Crippen LogP contribution in [0.2, 0.25) is 0 Å². The minimum Gasteiger partial charge on any atom is -0.493 e. The van der Waals surface area contributed by atoms with Crippen LogP contribution in [0.1, 0.15) is 24.2 Å². The maximum absolute atomic E-state index is 12.0. The predicted molar refractivity (Wildman–Crippen MR) is 85.1 cm³/mol. The highest BCUT2D eigenvalue weighted by Gasteiger charge is 2.15. The molecule has 2 rings (SSSR count). The van der Waals surface area contributed by atoms with Crippen LogP contribution >= 0.6 is 15.9 Å². The van der Waals surface area contributed by atoms with E-state index in [-0.39, 0.29) is 12.2 Å². The summed E-state index contributed by atoms with van der Waals surface area (Å²) in [6.45, 7) is 4.22. The molecule has 6 nitrogen and oxygen atoms in total. The quantitative estimate of drug-likeness (QED) is 0.822. The van der Waals surface area contributed by atoms with Crippen molar-refractivity contribution >= 4 is 21.9 Å². The molecular weight excluding hydrogens is 352 g/mol. The lowest BCUT2D eigenvalue weighted by atomic mass is 10.2. The van der Waals surface area contributed by atoms with Gasteiger partial charge in [0.1, 0.15) is 17.1 Å². The number of esters is 1. The van der Waals surface area contributed by atoms with Crippen molar-refractivity contribution < 1.29 is 14.3 Å². The Bertz CT molecular complexity index is 743. The summed E-state index contributed by atoms with van der Waals surface area (Å²) in [6, 6.07) is 5.40. The van der Waals surface area contributed by atoms with Gasteiger partial charge in [-0.3, -0.25) is 4.79 Å². The standard InChI is InChI=1S/C15H15BrN2O4/c1-3-21-12-6-5-9(16)7-10(12)13-17-8-11(14(19)18-13)15(20)22-4-2/h5-8H,3-4H2,1-2H3,(H,17,18,19). The Morgan fingerprint density at radius 2 is 2.09 bits per heavy atom. The number of rotatable bonds is 5. The summed E-state index contributed by atoms with van der Waals surface area (Å²) in [7, 11) is 0. The predicted octanol–water partition coefficient (Wildman–Crippen LogP) is 2.77. The molecule has 0 bridgehead atoms. The number of aromatic nitrogens is 2. The van der Waals surface area contributed by atoms with Crippen LogP contribution in [-0.4, -0.2) is 29.2 Å². The highest BCUT2D eigenvalue weighted by molar-refractivity contribution is 9.10. The lowest BCUT2D eigenvalue weighted by Gasteiger charge is -2.10. The fourth-order valence-corrected chi connectivity index (χ4v) is 2.22. The number of H-pyrrole nitrogens is 1. The number of hydrogen-bond donors (Lipinski definition) is 1. The van der Waals surface area contributed by atoms with Gasteiger partial charge in [-0.2, -0.15) is 0 Å². The third-order valence-electron chi connectivity index (χ3n) is 2.79. The molecule has 2 aromatic rings.